The summed E-state index contributed by atoms with van der Waals surface area (Å²) in [5, 5.41) is 3.19. The van der Waals surface area contributed by atoms with E-state index in [2.05, 4.69) is 12.2 Å². The first-order valence-corrected chi connectivity index (χ1v) is 6.10. The fourth-order valence-corrected chi connectivity index (χ4v) is 1.70. The molecule has 0 unspecified atom stereocenters. The van der Waals surface area contributed by atoms with E-state index < -0.39 is 0 Å². The summed E-state index contributed by atoms with van der Waals surface area (Å²) in [7, 11) is 0. The summed E-state index contributed by atoms with van der Waals surface area (Å²) >= 11 is 0. The number of nitrogens with one attached hydrogen (secondary N) is 1. The minimum Gasteiger partial charge on any atom is -0.313 e. The largest absolute Gasteiger partial charge is 0.313 e. The van der Waals surface area contributed by atoms with Gasteiger partial charge in [0, 0.05) is 24.3 Å². The van der Waals surface area contributed by atoms with Crippen LogP contribution in [0.5, 0.6) is 0 Å². The number of rotatable bonds is 6. The van der Waals surface area contributed by atoms with Gasteiger partial charge in [-0.3, -0.25) is 4.79 Å². The number of pyridine rings is 1. The Morgan fingerprint density at radius 2 is 2.06 bits per heavy atom. The van der Waals surface area contributed by atoms with Crippen molar-refractivity contribution in [2.45, 2.75) is 46.7 Å². The maximum absolute atomic E-state index is 12.1. The zero-order valence-electron chi connectivity index (χ0n) is 10.5. The van der Waals surface area contributed by atoms with Crippen molar-refractivity contribution in [1.82, 2.24) is 9.88 Å². The molecule has 1 N–H and O–H groups in total. The average Bonchev–Trinajstić information content (AvgIpc) is 2.28. The highest BCUT2D eigenvalue weighted by Gasteiger charge is 2.05. The van der Waals surface area contributed by atoms with E-state index >= 15 is 0 Å². The molecule has 0 aliphatic rings. The van der Waals surface area contributed by atoms with Crippen LogP contribution in [0, 0.1) is 6.92 Å². The van der Waals surface area contributed by atoms with E-state index in [1.165, 1.54) is 0 Å². The molecule has 0 aromatic carbocycles. The Hall–Kier alpha value is -1.09. The highest BCUT2D eigenvalue weighted by Crippen LogP contribution is 2.01. The first kappa shape index (κ1) is 13.0. The maximum atomic E-state index is 12.1. The van der Waals surface area contributed by atoms with Crippen molar-refractivity contribution in [3.05, 3.63) is 33.7 Å². The van der Waals surface area contributed by atoms with Crippen molar-refractivity contribution < 1.29 is 0 Å². The number of nitrogens with zero attached hydrogens (tertiary/aromatic N) is 1. The summed E-state index contributed by atoms with van der Waals surface area (Å²) in [4.78, 5) is 12.1. The van der Waals surface area contributed by atoms with Gasteiger partial charge in [-0.2, -0.15) is 0 Å². The second kappa shape index (κ2) is 6.48. The van der Waals surface area contributed by atoms with Gasteiger partial charge < -0.3 is 9.88 Å². The Morgan fingerprint density at radius 1 is 1.31 bits per heavy atom. The molecule has 1 aromatic rings. The van der Waals surface area contributed by atoms with Crippen molar-refractivity contribution >= 4 is 0 Å². The summed E-state index contributed by atoms with van der Waals surface area (Å²) < 4.78 is 1.89. The molecule has 0 atom stereocenters. The topological polar surface area (TPSA) is 34.0 Å². The van der Waals surface area contributed by atoms with E-state index in [0.29, 0.717) is 6.54 Å². The lowest BCUT2D eigenvalue weighted by molar-refractivity contribution is 0.588. The predicted molar refractivity (Wildman–Crippen MR) is 67.7 cm³/mol. The second-order valence-corrected chi connectivity index (χ2v) is 4.09. The van der Waals surface area contributed by atoms with E-state index in [1.54, 1.807) is 0 Å². The highest BCUT2D eigenvalue weighted by molar-refractivity contribution is 5.15. The molecule has 1 heterocycles. The van der Waals surface area contributed by atoms with Gasteiger partial charge in [0.25, 0.3) is 5.56 Å². The van der Waals surface area contributed by atoms with E-state index in [-0.39, 0.29) is 5.56 Å². The minimum atomic E-state index is 0.161. The van der Waals surface area contributed by atoms with Crippen LogP contribution in [0.15, 0.2) is 16.9 Å². The molecule has 0 saturated carbocycles. The summed E-state index contributed by atoms with van der Waals surface area (Å²) in [5.74, 6) is 0. The fourth-order valence-electron chi connectivity index (χ4n) is 1.70. The van der Waals surface area contributed by atoms with Crippen LogP contribution >= 0.6 is 0 Å². The van der Waals surface area contributed by atoms with Crippen LogP contribution in [-0.4, -0.2) is 11.1 Å². The van der Waals surface area contributed by atoms with Gasteiger partial charge in [0.2, 0.25) is 0 Å². The Balaban J connectivity index is 2.92. The second-order valence-electron chi connectivity index (χ2n) is 4.09. The third-order valence-corrected chi connectivity index (χ3v) is 2.77. The van der Waals surface area contributed by atoms with Gasteiger partial charge in [-0.15, -0.1) is 0 Å². The molecule has 0 radical (unpaired) electrons. The number of hydrogen-bond donors (Lipinski definition) is 1. The molecule has 16 heavy (non-hydrogen) atoms. The van der Waals surface area contributed by atoms with E-state index in [0.717, 1.165) is 37.2 Å². The number of aryl methyl sites for hydroxylation is 1. The van der Waals surface area contributed by atoms with Crippen LogP contribution in [0.25, 0.3) is 0 Å². The lowest BCUT2D eigenvalue weighted by Gasteiger charge is -2.11. The van der Waals surface area contributed by atoms with Crippen LogP contribution < -0.4 is 10.9 Å². The van der Waals surface area contributed by atoms with Gasteiger partial charge in [-0.1, -0.05) is 26.3 Å². The van der Waals surface area contributed by atoms with E-state index in [1.807, 2.05) is 30.5 Å². The monoisotopic (exact) mass is 222 g/mol. The third kappa shape index (κ3) is 3.20. The van der Waals surface area contributed by atoms with Crippen molar-refractivity contribution in [2.75, 3.05) is 6.54 Å². The molecule has 0 fully saturated rings. The molecule has 1 rings (SSSR count). The lowest BCUT2D eigenvalue weighted by Crippen LogP contribution is -2.28. The van der Waals surface area contributed by atoms with Crippen LogP contribution in [-0.2, 0) is 13.1 Å². The van der Waals surface area contributed by atoms with Gasteiger partial charge in [0.15, 0.2) is 0 Å². The quantitative estimate of drug-likeness (QED) is 0.799. The first-order chi connectivity index (χ1) is 7.70. The number of unbranched alkanes of at least 4 members (excludes halogenated alkanes) is 1. The van der Waals surface area contributed by atoms with Crippen LogP contribution in [0.4, 0.5) is 0 Å². The Morgan fingerprint density at radius 3 is 2.69 bits per heavy atom. The molecule has 0 amide bonds. The van der Waals surface area contributed by atoms with E-state index in [9.17, 15) is 4.79 Å². The normalized spacial score (nSPS) is 10.7. The molecular formula is C13H22N2O. The number of hydrogen-bond acceptors (Lipinski definition) is 2. The summed E-state index contributed by atoms with van der Waals surface area (Å²) in [6.07, 6.45) is 2.18. The van der Waals surface area contributed by atoms with Crippen molar-refractivity contribution in [2.24, 2.45) is 0 Å². The Kier molecular flexibility index (Phi) is 5.26. The smallest absolute Gasteiger partial charge is 0.255 e. The van der Waals surface area contributed by atoms with Crippen molar-refractivity contribution in [3.63, 3.8) is 0 Å². The van der Waals surface area contributed by atoms with Gasteiger partial charge in [-0.25, -0.2) is 0 Å². The molecule has 3 heteroatoms. The molecular weight excluding hydrogens is 200 g/mol. The zero-order chi connectivity index (χ0) is 12.0. The SMILES string of the molecule is CCCCn1c(C)ccc(CNCC)c1=O. The predicted octanol–water partition coefficient (Wildman–Crippen LogP) is 2.07. The number of aromatic nitrogens is 1. The van der Waals surface area contributed by atoms with Crippen molar-refractivity contribution in [3.8, 4) is 0 Å². The van der Waals surface area contributed by atoms with Gasteiger partial charge in [0.05, 0.1) is 0 Å². The standard InChI is InChI=1S/C13H22N2O/c1-4-6-9-15-11(3)7-8-12(13(15)16)10-14-5-2/h7-8,14H,4-6,9-10H2,1-3H3. The zero-order valence-corrected chi connectivity index (χ0v) is 10.5. The molecule has 0 saturated heterocycles. The van der Waals surface area contributed by atoms with Gasteiger partial charge in [-0.05, 0) is 26.0 Å². The lowest BCUT2D eigenvalue weighted by atomic mass is 10.2. The summed E-state index contributed by atoms with van der Waals surface area (Å²) in [5.41, 5.74) is 2.08. The highest BCUT2D eigenvalue weighted by atomic mass is 16.1. The summed E-state index contributed by atoms with van der Waals surface area (Å²) in [6, 6.07) is 3.96. The molecule has 90 valence electrons. The van der Waals surface area contributed by atoms with Crippen LogP contribution in [0.1, 0.15) is 37.9 Å². The molecule has 1 aromatic heterocycles. The average molecular weight is 222 g/mol. The van der Waals surface area contributed by atoms with Crippen LogP contribution in [0.2, 0.25) is 0 Å². The van der Waals surface area contributed by atoms with Crippen molar-refractivity contribution in [1.29, 1.82) is 0 Å². The Bertz CT molecular complexity index is 382. The molecule has 0 spiro atoms. The molecule has 0 aliphatic carbocycles. The molecule has 3 nitrogen and oxygen atoms in total. The minimum absolute atomic E-state index is 0.161. The Labute approximate surface area is 97.5 Å². The molecule has 0 aliphatic heterocycles. The first-order valence-electron chi connectivity index (χ1n) is 6.10. The van der Waals surface area contributed by atoms with E-state index in [4.69, 9.17) is 0 Å². The summed E-state index contributed by atoms with van der Waals surface area (Å²) in [6.45, 7) is 8.58. The maximum Gasteiger partial charge on any atom is 0.255 e. The third-order valence-electron chi connectivity index (χ3n) is 2.77. The van der Waals surface area contributed by atoms with Crippen LogP contribution in [0.3, 0.4) is 0 Å². The van der Waals surface area contributed by atoms with Gasteiger partial charge in [0.1, 0.15) is 0 Å². The molecule has 0 bridgehead atoms. The van der Waals surface area contributed by atoms with Gasteiger partial charge >= 0.3 is 0 Å². The fraction of sp³-hybridized carbons (Fsp3) is 0.615.